The van der Waals surface area contributed by atoms with Crippen LogP contribution in [-0.4, -0.2) is 43.0 Å². The number of rotatable bonds is 7. The molecule has 11 nitrogen and oxygen atoms in total. The molecule has 2 rings (SSSR count). The molecule has 0 bridgehead atoms. The van der Waals surface area contributed by atoms with Gasteiger partial charge in [0.2, 0.25) is 5.91 Å². The number of carbonyl (C=O) groups is 2. The van der Waals surface area contributed by atoms with Crippen molar-refractivity contribution < 1.29 is 19.2 Å². The summed E-state index contributed by atoms with van der Waals surface area (Å²) in [5.41, 5.74) is 0.727. The highest BCUT2D eigenvalue weighted by Crippen LogP contribution is 2.18. The highest BCUT2D eigenvalue weighted by Gasteiger charge is 2.24. The third-order valence-corrected chi connectivity index (χ3v) is 3.73. The summed E-state index contributed by atoms with van der Waals surface area (Å²) in [6, 6.07) is 1.34. The smallest absolute Gasteiger partial charge is 0.390 e. The Morgan fingerprint density at radius 1 is 1.46 bits per heavy atom. The van der Waals surface area contributed by atoms with E-state index >= 15 is 0 Å². The van der Waals surface area contributed by atoms with E-state index in [1.807, 2.05) is 0 Å². The van der Waals surface area contributed by atoms with Gasteiger partial charge in [0.25, 0.3) is 0 Å². The topological polar surface area (TPSA) is 134 Å². The van der Waals surface area contributed by atoms with Gasteiger partial charge in [-0.05, 0) is 18.8 Å². The molecule has 1 unspecified atom stereocenters. The van der Waals surface area contributed by atoms with Gasteiger partial charge in [-0.2, -0.15) is 9.78 Å². The Kier molecular flexibility index (Phi) is 5.70. The molecule has 1 N–H and O–H groups in total. The van der Waals surface area contributed by atoms with Crippen LogP contribution < -0.4 is 5.32 Å². The number of esters is 1. The first-order valence-electron chi connectivity index (χ1n) is 7.93. The summed E-state index contributed by atoms with van der Waals surface area (Å²) in [5.74, 6) is -1.56. The van der Waals surface area contributed by atoms with Crippen LogP contribution in [0, 0.1) is 23.0 Å². The highest BCUT2D eigenvalue weighted by atomic mass is 16.6. The second kappa shape index (κ2) is 7.76. The zero-order valence-electron chi connectivity index (χ0n) is 14.9. The molecule has 0 fully saturated rings. The summed E-state index contributed by atoms with van der Waals surface area (Å²) in [4.78, 5) is 34.6. The van der Waals surface area contributed by atoms with E-state index in [4.69, 9.17) is 4.74 Å². The number of nitro groups is 1. The maximum atomic E-state index is 12.5. The summed E-state index contributed by atoms with van der Waals surface area (Å²) < 4.78 is 7.70. The number of amides is 1. The zero-order valence-corrected chi connectivity index (χ0v) is 14.9. The Bertz CT molecular complexity index is 840. The molecule has 0 aromatic carbocycles. The number of aryl methyl sites for hydroxylation is 2. The van der Waals surface area contributed by atoms with E-state index in [0.29, 0.717) is 5.69 Å². The van der Waals surface area contributed by atoms with Crippen LogP contribution >= 0.6 is 0 Å². The molecular formula is C15H20N6O5. The molecule has 0 saturated heterocycles. The lowest BCUT2D eigenvalue weighted by atomic mass is 10.1. The maximum Gasteiger partial charge on any atom is 0.390 e. The first kappa shape index (κ1) is 19.1. The lowest BCUT2D eigenvalue weighted by molar-refractivity contribution is -0.389. The Morgan fingerprint density at radius 3 is 2.73 bits per heavy atom. The van der Waals surface area contributed by atoms with Crippen LogP contribution in [0.2, 0.25) is 0 Å². The minimum atomic E-state index is -0.588. The molecule has 0 aliphatic carbocycles. The second-order valence-corrected chi connectivity index (χ2v) is 5.72. The van der Waals surface area contributed by atoms with Gasteiger partial charge in [-0.3, -0.25) is 9.48 Å². The predicted molar refractivity (Wildman–Crippen MR) is 90.6 cm³/mol. The van der Waals surface area contributed by atoms with Crippen molar-refractivity contribution in [3.05, 3.63) is 33.6 Å². The van der Waals surface area contributed by atoms with Crippen LogP contribution in [0.5, 0.6) is 0 Å². The summed E-state index contributed by atoms with van der Waals surface area (Å²) in [7, 11) is 1.59. The predicted octanol–water partition coefficient (Wildman–Crippen LogP) is 1.28. The number of anilines is 1. The Morgan fingerprint density at radius 2 is 2.15 bits per heavy atom. The normalized spacial score (nSPS) is 11.8. The first-order valence-corrected chi connectivity index (χ1v) is 7.93. The molecule has 140 valence electrons. The van der Waals surface area contributed by atoms with Crippen molar-refractivity contribution in [3.63, 3.8) is 0 Å². The average molecular weight is 364 g/mol. The number of nitrogens with one attached hydrogen (secondary N) is 1. The van der Waals surface area contributed by atoms with Crippen molar-refractivity contribution in [1.29, 1.82) is 0 Å². The molecule has 0 spiro atoms. The minimum absolute atomic E-state index is 0.151. The summed E-state index contributed by atoms with van der Waals surface area (Å²) >= 11 is 0. The highest BCUT2D eigenvalue weighted by molar-refractivity contribution is 6.00. The standard InChI is InChI=1S/C15H20N6O5/c1-5-26-15(23)11-7-16-19(4)13(11)17-14(22)9(2)8-20-10(3)6-12(18-20)21(24)25/h6-7,9H,5,8H2,1-4H3,(H,17,22). The van der Waals surface area contributed by atoms with Crippen LogP contribution in [0.3, 0.4) is 0 Å². The largest absolute Gasteiger partial charge is 0.462 e. The lowest BCUT2D eigenvalue weighted by Gasteiger charge is -2.13. The first-order chi connectivity index (χ1) is 12.2. The third kappa shape index (κ3) is 4.05. The monoisotopic (exact) mass is 364 g/mol. The van der Waals surface area contributed by atoms with Crippen LogP contribution in [0.1, 0.15) is 29.9 Å². The molecule has 0 aliphatic rings. The molecular weight excluding hydrogens is 344 g/mol. The van der Waals surface area contributed by atoms with Gasteiger partial charge in [0, 0.05) is 7.05 Å². The fourth-order valence-corrected chi connectivity index (χ4v) is 2.29. The van der Waals surface area contributed by atoms with Gasteiger partial charge in [-0.15, -0.1) is 0 Å². The van der Waals surface area contributed by atoms with E-state index in [9.17, 15) is 19.7 Å². The molecule has 2 aromatic heterocycles. The number of aromatic nitrogens is 4. The average Bonchev–Trinajstić information content (AvgIpc) is 3.12. The third-order valence-electron chi connectivity index (χ3n) is 3.73. The molecule has 1 atom stereocenters. The van der Waals surface area contributed by atoms with E-state index in [1.165, 1.54) is 21.6 Å². The molecule has 0 aliphatic heterocycles. The van der Waals surface area contributed by atoms with Crippen molar-refractivity contribution >= 4 is 23.5 Å². The number of ether oxygens (including phenoxy) is 1. The van der Waals surface area contributed by atoms with Crippen molar-refractivity contribution in [1.82, 2.24) is 19.6 Å². The molecule has 0 radical (unpaired) electrons. The van der Waals surface area contributed by atoms with Crippen LogP contribution in [0.4, 0.5) is 11.6 Å². The van der Waals surface area contributed by atoms with E-state index in [0.717, 1.165) is 0 Å². The lowest BCUT2D eigenvalue weighted by Crippen LogP contribution is -2.27. The number of nitrogens with zero attached hydrogens (tertiary/aromatic N) is 5. The second-order valence-electron chi connectivity index (χ2n) is 5.72. The van der Waals surface area contributed by atoms with E-state index in [1.54, 1.807) is 27.8 Å². The fourth-order valence-electron chi connectivity index (χ4n) is 2.29. The van der Waals surface area contributed by atoms with Gasteiger partial charge < -0.3 is 20.2 Å². The summed E-state index contributed by atoms with van der Waals surface area (Å²) in [6.07, 6.45) is 1.32. The zero-order chi connectivity index (χ0) is 19.4. The van der Waals surface area contributed by atoms with Crippen LogP contribution in [0.15, 0.2) is 12.3 Å². The number of carbonyl (C=O) groups excluding carboxylic acids is 2. The number of hydrogen-bond donors (Lipinski definition) is 1. The molecule has 0 saturated carbocycles. The maximum absolute atomic E-state index is 12.5. The van der Waals surface area contributed by atoms with Gasteiger partial charge in [0.1, 0.15) is 11.4 Å². The molecule has 2 heterocycles. The van der Waals surface area contributed by atoms with Gasteiger partial charge in [0.15, 0.2) is 0 Å². The molecule has 11 heteroatoms. The van der Waals surface area contributed by atoms with Crippen LogP contribution in [0.25, 0.3) is 0 Å². The van der Waals surface area contributed by atoms with Crippen LogP contribution in [-0.2, 0) is 23.1 Å². The summed E-state index contributed by atoms with van der Waals surface area (Å²) in [6.45, 7) is 5.36. The van der Waals surface area contributed by atoms with Gasteiger partial charge in [0.05, 0.1) is 42.1 Å². The molecule has 1 amide bonds. The van der Waals surface area contributed by atoms with Gasteiger partial charge in [-0.1, -0.05) is 6.92 Å². The van der Waals surface area contributed by atoms with Crippen molar-refractivity contribution in [2.45, 2.75) is 27.3 Å². The van der Waals surface area contributed by atoms with Crippen molar-refractivity contribution in [2.24, 2.45) is 13.0 Å². The Hall–Kier alpha value is -3.24. The SMILES string of the molecule is CCOC(=O)c1cnn(C)c1NC(=O)C(C)Cn1nc([N+](=O)[O-])cc1C. The van der Waals surface area contributed by atoms with E-state index < -0.39 is 16.8 Å². The molecule has 26 heavy (non-hydrogen) atoms. The number of hydrogen-bond acceptors (Lipinski definition) is 7. The van der Waals surface area contributed by atoms with E-state index in [-0.39, 0.29) is 36.3 Å². The van der Waals surface area contributed by atoms with Crippen molar-refractivity contribution in [3.8, 4) is 0 Å². The van der Waals surface area contributed by atoms with Crippen molar-refractivity contribution in [2.75, 3.05) is 11.9 Å². The summed E-state index contributed by atoms with van der Waals surface area (Å²) in [5, 5.41) is 21.3. The fraction of sp³-hybridized carbons (Fsp3) is 0.467. The van der Waals surface area contributed by atoms with Gasteiger partial charge >= 0.3 is 11.8 Å². The van der Waals surface area contributed by atoms with E-state index in [2.05, 4.69) is 15.5 Å². The Labute approximate surface area is 149 Å². The Balaban J connectivity index is 2.12. The quantitative estimate of drug-likeness (QED) is 0.444. The minimum Gasteiger partial charge on any atom is -0.462 e. The molecule has 2 aromatic rings. The van der Waals surface area contributed by atoms with Gasteiger partial charge in [-0.25, -0.2) is 4.79 Å².